The lowest BCUT2D eigenvalue weighted by atomic mass is 9.96. The van der Waals surface area contributed by atoms with E-state index in [9.17, 15) is 9.59 Å². The molecule has 0 bridgehead atoms. The number of hydrogen-bond donors (Lipinski definition) is 2. The van der Waals surface area contributed by atoms with Crippen LogP contribution in [0.15, 0.2) is 17.8 Å². The molecule has 2 fully saturated rings. The third-order valence-electron chi connectivity index (χ3n) is 5.96. The van der Waals surface area contributed by atoms with Crippen LogP contribution in [0.1, 0.15) is 39.0 Å². The molecule has 1 aliphatic heterocycles. The van der Waals surface area contributed by atoms with Gasteiger partial charge in [-0.2, -0.15) is 0 Å². The minimum absolute atomic E-state index is 0.192. The number of imide groups is 1. The van der Waals surface area contributed by atoms with Gasteiger partial charge in [0.05, 0.1) is 11.4 Å². The van der Waals surface area contributed by atoms with E-state index in [0.717, 1.165) is 67.9 Å². The highest BCUT2D eigenvalue weighted by molar-refractivity contribution is 7.16. The van der Waals surface area contributed by atoms with Crippen molar-refractivity contribution >= 4 is 39.3 Å². The lowest BCUT2D eigenvalue weighted by Gasteiger charge is -2.38. The van der Waals surface area contributed by atoms with Crippen LogP contribution < -0.4 is 15.5 Å². The van der Waals surface area contributed by atoms with E-state index in [4.69, 9.17) is 0 Å². The van der Waals surface area contributed by atoms with Crippen LogP contribution in [0.4, 0.5) is 10.6 Å². The van der Waals surface area contributed by atoms with Crippen molar-refractivity contribution in [2.24, 2.45) is 0 Å². The van der Waals surface area contributed by atoms with E-state index >= 15 is 0 Å². The van der Waals surface area contributed by atoms with Gasteiger partial charge in [-0.15, -0.1) is 11.3 Å². The Kier molecular flexibility index (Phi) is 6.25. The molecule has 1 unspecified atom stereocenters. The zero-order valence-corrected chi connectivity index (χ0v) is 17.6. The van der Waals surface area contributed by atoms with Crippen molar-refractivity contribution in [2.75, 3.05) is 31.1 Å². The average Bonchev–Trinajstić information content (AvgIpc) is 3.23. The molecule has 2 aromatic rings. The molecular weight excluding hydrogens is 388 g/mol. The first kappa shape index (κ1) is 20.0. The average molecular weight is 417 g/mol. The number of rotatable bonds is 4. The summed E-state index contributed by atoms with van der Waals surface area (Å²) in [4.78, 5) is 38.8. The minimum Gasteiger partial charge on any atom is -0.353 e. The predicted octanol–water partition coefficient (Wildman–Crippen LogP) is 2.36. The van der Waals surface area contributed by atoms with Gasteiger partial charge in [0.25, 0.3) is 0 Å². The number of nitrogens with one attached hydrogen (secondary N) is 2. The lowest BCUT2D eigenvalue weighted by Crippen LogP contribution is -2.56. The molecule has 2 aliphatic rings. The summed E-state index contributed by atoms with van der Waals surface area (Å²) in [5.41, 5.74) is 0. The summed E-state index contributed by atoms with van der Waals surface area (Å²) >= 11 is 1.61. The molecule has 1 saturated carbocycles. The molecule has 0 spiro atoms. The van der Waals surface area contributed by atoms with E-state index in [1.54, 1.807) is 17.7 Å². The Balaban J connectivity index is 1.28. The van der Waals surface area contributed by atoms with Crippen LogP contribution in [0.3, 0.4) is 0 Å². The summed E-state index contributed by atoms with van der Waals surface area (Å²) < 4.78 is 0. The molecule has 9 heteroatoms. The summed E-state index contributed by atoms with van der Waals surface area (Å²) in [7, 11) is 0. The maximum absolute atomic E-state index is 12.5. The highest BCUT2D eigenvalue weighted by Crippen LogP contribution is 2.27. The summed E-state index contributed by atoms with van der Waals surface area (Å²) in [6.45, 7) is 4.92. The maximum Gasteiger partial charge on any atom is 0.321 e. The van der Waals surface area contributed by atoms with Crippen LogP contribution in [0.2, 0.25) is 0 Å². The van der Waals surface area contributed by atoms with E-state index in [0.29, 0.717) is 0 Å². The van der Waals surface area contributed by atoms with E-state index in [1.807, 2.05) is 12.3 Å². The zero-order valence-electron chi connectivity index (χ0n) is 16.8. The number of amides is 3. The van der Waals surface area contributed by atoms with E-state index in [1.165, 1.54) is 6.42 Å². The van der Waals surface area contributed by atoms with Crippen molar-refractivity contribution < 1.29 is 9.59 Å². The van der Waals surface area contributed by atoms with Crippen molar-refractivity contribution in [2.45, 2.75) is 51.1 Å². The van der Waals surface area contributed by atoms with Crippen LogP contribution >= 0.6 is 11.3 Å². The SMILES string of the molecule is CC(C(=O)NC(=O)NC1CCCCC1)N1CCN(c2ncnc3sccc23)CC1. The molecule has 8 nitrogen and oxygen atoms in total. The number of piperazine rings is 1. The summed E-state index contributed by atoms with van der Waals surface area (Å²) in [6, 6.07) is 1.54. The minimum atomic E-state index is -0.367. The van der Waals surface area contributed by atoms with Crippen LogP contribution in [-0.4, -0.2) is 65.1 Å². The number of carbonyl (C=O) groups is 2. The van der Waals surface area contributed by atoms with Gasteiger partial charge in [-0.3, -0.25) is 15.0 Å². The second kappa shape index (κ2) is 9.04. The normalized spacial score (nSPS) is 19.8. The van der Waals surface area contributed by atoms with Crippen molar-refractivity contribution in [3.63, 3.8) is 0 Å². The smallest absolute Gasteiger partial charge is 0.321 e. The van der Waals surface area contributed by atoms with Gasteiger partial charge in [-0.1, -0.05) is 19.3 Å². The fourth-order valence-corrected chi connectivity index (χ4v) is 4.93. The number of fused-ring (bicyclic) bond motifs is 1. The van der Waals surface area contributed by atoms with Crippen LogP contribution in [0.25, 0.3) is 10.2 Å². The van der Waals surface area contributed by atoms with Gasteiger partial charge in [0, 0.05) is 32.2 Å². The topological polar surface area (TPSA) is 90.5 Å². The van der Waals surface area contributed by atoms with Crippen molar-refractivity contribution in [1.82, 2.24) is 25.5 Å². The molecule has 1 aliphatic carbocycles. The van der Waals surface area contributed by atoms with Gasteiger partial charge in [0.1, 0.15) is 17.0 Å². The van der Waals surface area contributed by atoms with Crippen molar-refractivity contribution in [3.8, 4) is 0 Å². The van der Waals surface area contributed by atoms with Crippen LogP contribution in [-0.2, 0) is 4.79 Å². The summed E-state index contributed by atoms with van der Waals surface area (Å²) in [6.07, 6.45) is 7.13. The standard InChI is InChI=1S/C20H28N6O2S/c1-14(18(27)24-20(28)23-15-5-3-2-4-6-15)25-8-10-26(11-9-25)17-16-7-12-29-19(16)22-13-21-17/h7,12-15H,2-6,8-11H2,1H3,(H2,23,24,27,28). The lowest BCUT2D eigenvalue weighted by molar-refractivity contribution is -0.124. The Morgan fingerprint density at radius 2 is 1.90 bits per heavy atom. The first-order valence-electron chi connectivity index (χ1n) is 10.4. The Labute approximate surface area is 174 Å². The number of nitrogens with zero attached hydrogens (tertiary/aromatic N) is 4. The van der Waals surface area contributed by atoms with Gasteiger partial charge < -0.3 is 10.2 Å². The van der Waals surface area contributed by atoms with Crippen molar-refractivity contribution in [3.05, 3.63) is 17.8 Å². The largest absolute Gasteiger partial charge is 0.353 e. The molecule has 1 atom stereocenters. The fourth-order valence-electron chi connectivity index (χ4n) is 4.20. The zero-order chi connectivity index (χ0) is 20.2. The van der Waals surface area contributed by atoms with Gasteiger partial charge in [-0.05, 0) is 31.2 Å². The molecular formula is C20H28N6O2S. The first-order valence-corrected chi connectivity index (χ1v) is 11.3. The Morgan fingerprint density at radius 3 is 2.66 bits per heavy atom. The Hall–Kier alpha value is -2.26. The Morgan fingerprint density at radius 1 is 1.14 bits per heavy atom. The maximum atomic E-state index is 12.5. The number of anilines is 1. The number of thiophene rings is 1. The molecule has 156 valence electrons. The Bertz CT molecular complexity index is 858. The predicted molar refractivity (Wildman–Crippen MR) is 114 cm³/mol. The highest BCUT2D eigenvalue weighted by atomic mass is 32.1. The molecule has 0 radical (unpaired) electrons. The number of carbonyl (C=O) groups excluding carboxylic acids is 2. The van der Waals surface area contributed by atoms with Gasteiger partial charge in [0.15, 0.2) is 0 Å². The van der Waals surface area contributed by atoms with E-state index in [2.05, 4.69) is 36.5 Å². The highest BCUT2D eigenvalue weighted by Gasteiger charge is 2.28. The number of aromatic nitrogens is 2. The van der Waals surface area contributed by atoms with Crippen molar-refractivity contribution in [1.29, 1.82) is 0 Å². The summed E-state index contributed by atoms with van der Waals surface area (Å²) in [5.74, 6) is 0.717. The number of urea groups is 1. The van der Waals surface area contributed by atoms with Gasteiger partial charge in [0.2, 0.25) is 5.91 Å². The molecule has 1 saturated heterocycles. The second-order valence-electron chi connectivity index (χ2n) is 7.83. The molecule has 2 N–H and O–H groups in total. The second-order valence-corrected chi connectivity index (χ2v) is 8.73. The van der Waals surface area contributed by atoms with Crippen LogP contribution in [0, 0.1) is 0 Å². The van der Waals surface area contributed by atoms with Crippen LogP contribution in [0.5, 0.6) is 0 Å². The molecule has 29 heavy (non-hydrogen) atoms. The monoisotopic (exact) mass is 416 g/mol. The van der Waals surface area contributed by atoms with E-state index < -0.39 is 0 Å². The van der Waals surface area contributed by atoms with E-state index in [-0.39, 0.29) is 24.0 Å². The molecule has 3 amide bonds. The molecule has 0 aromatic carbocycles. The fraction of sp³-hybridized carbons (Fsp3) is 0.600. The first-order chi connectivity index (χ1) is 14.1. The quantitative estimate of drug-likeness (QED) is 0.795. The molecule has 2 aromatic heterocycles. The third kappa shape index (κ3) is 4.67. The number of hydrogen-bond acceptors (Lipinski definition) is 7. The van der Waals surface area contributed by atoms with Gasteiger partial charge >= 0.3 is 6.03 Å². The molecule has 4 rings (SSSR count). The third-order valence-corrected chi connectivity index (χ3v) is 6.78. The van der Waals surface area contributed by atoms with Gasteiger partial charge in [-0.25, -0.2) is 14.8 Å². The summed E-state index contributed by atoms with van der Waals surface area (Å²) in [5, 5.41) is 8.58. The molecule has 3 heterocycles.